The molecule has 1 fully saturated rings. The average molecular weight is 350 g/mol. The summed E-state index contributed by atoms with van der Waals surface area (Å²) in [5.74, 6) is -0.183. The van der Waals surface area contributed by atoms with Crippen molar-refractivity contribution >= 4 is 17.2 Å². The Kier molecular flexibility index (Phi) is 4.22. The number of nitriles is 1. The van der Waals surface area contributed by atoms with Crippen LogP contribution in [0.15, 0.2) is 35.5 Å². The van der Waals surface area contributed by atoms with Crippen LogP contribution in [-0.4, -0.2) is 33.9 Å². The molecule has 4 rings (SSSR count). The van der Waals surface area contributed by atoms with E-state index in [9.17, 15) is 15.4 Å². The van der Waals surface area contributed by atoms with Gasteiger partial charge in [-0.25, -0.2) is 4.99 Å². The van der Waals surface area contributed by atoms with Gasteiger partial charge in [0.2, 0.25) is 0 Å². The molecule has 1 saturated heterocycles. The van der Waals surface area contributed by atoms with Crippen molar-refractivity contribution in [3.63, 3.8) is 0 Å². The van der Waals surface area contributed by atoms with Gasteiger partial charge in [0, 0.05) is 34.7 Å². The molecule has 0 spiro atoms. The Labute approximate surface area is 150 Å². The van der Waals surface area contributed by atoms with Gasteiger partial charge >= 0.3 is 0 Å². The Morgan fingerprint density at radius 3 is 2.73 bits per heavy atom. The molecule has 2 aliphatic heterocycles. The van der Waals surface area contributed by atoms with Gasteiger partial charge in [-0.05, 0) is 25.9 Å². The molecule has 0 amide bonds. The summed E-state index contributed by atoms with van der Waals surface area (Å²) in [6.07, 6.45) is 3.44. The SMILES string of the molecule is N#CC1C(C2CCNCC2)=Nc2[nH]ncc2C1c1ccccc1[N+](=O)[O-]. The van der Waals surface area contributed by atoms with E-state index in [1.807, 2.05) is 0 Å². The molecule has 0 saturated carbocycles. The Bertz CT molecular complexity index is 906. The van der Waals surface area contributed by atoms with Gasteiger partial charge in [0.1, 0.15) is 0 Å². The van der Waals surface area contributed by atoms with Crippen LogP contribution in [0.2, 0.25) is 0 Å². The van der Waals surface area contributed by atoms with Gasteiger partial charge in [0.15, 0.2) is 5.82 Å². The first-order chi connectivity index (χ1) is 12.7. The summed E-state index contributed by atoms with van der Waals surface area (Å²) in [6.45, 7) is 1.77. The molecule has 8 heteroatoms. The molecule has 2 aliphatic rings. The molecule has 2 aromatic rings. The number of nitrogens with one attached hydrogen (secondary N) is 2. The van der Waals surface area contributed by atoms with E-state index in [0.717, 1.165) is 37.2 Å². The predicted molar refractivity (Wildman–Crippen MR) is 95.3 cm³/mol. The second-order valence-electron chi connectivity index (χ2n) is 6.64. The highest BCUT2D eigenvalue weighted by molar-refractivity contribution is 5.96. The second-order valence-corrected chi connectivity index (χ2v) is 6.64. The maximum Gasteiger partial charge on any atom is 0.273 e. The summed E-state index contributed by atoms with van der Waals surface area (Å²) in [7, 11) is 0. The van der Waals surface area contributed by atoms with Crippen LogP contribution < -0.4 is 5.32 Å². The summed E-state index contributed by atoms with van der Waals surface area (Å²) >= 11 is 0. The Hall–Kier alpha value is -3.05. The van der Waals surface area contributed by atoms with Crippen molar-refractivity contribution in [2.45, 2.75) is 18.8 Å². The fraction of sp³-hybridized carbons (Fsp3) is 0.389. The highest BCUT2D eigenvalue weighted by atomic mass is 16.6. The number of nitrogens with zero attached hydrogens (tertiary/aromatic N) is 4. The first-order valence-electron chi connectivity index (χ1n) is 8.66. The Morgan fingerprint density at radius 1 is 1.23 bits per heavy atom. The van der Waals surface area contributed by atoms with Crippen molar-refractivity contribution in [2.75, 3.05) is 13.1 Å². The predicted octanol–water partition coefficient (Wildman–Crippen LogP) is 2.68. The minimum Gasteiger partial charge on any atom is -0.317 e. The highest BCUT2D eigenvalue weighted by Crippen LogP contribution is 2.45. The number of benzene rings is 1. The molecule has 1 aromatic carbocycles. The largest absolute Gasteiger partial charge is 0.317 e. The van der Waals surface area contributed by atoms with Crippen LogP contribution in [-0.2, 0) is 0 Å². The standard InChI is InChI=1S/C18H18N6O2/c19-9-13-16(12-3-1-2-4-15(12)24(25)26)14-10-21-23-18(14)22-17(13)11-5-7-20-8-6-11/h1-4,10-11,13,16,20H,5-8H2,(H,21,23). The first-order valence-corrected chi connectivity index (χ1v) is 8.66. The number of nitro benzene ring substituents is 1. The van der Waals surface area contributed by atoms with E-state index in [2.05, 4.69) is 21.6 Å². The summed E-state index contributed by atoms with van der Waals surface area (Å²) in [5.41, 5.74) is 2.11. The zero-order valence-corrected chi connectivity index (χ0v) is 14.1. The number of hydrogen-bond acceptors (Lipinski definition) is 6. The lowest BCUT2D eigenvalue weighted by molar-refractivity contribution is -0.385. The lowest BCUT2D eigenvalue weighted by Gasteiger charge is -2.33. The van der Waals surface area contributed by atoms with Crippen LogP contribution in [0.4, 0.5) is 11.5 Å². The zero-order valence-electron chi connectivity index (χ0n) is 14.1. The fourth-order valence-corrected chi connectivity index (χ4v) is 4.02. The van der Waals surface area contributed by atoms with E-state index in [1.165, 1.54) is 6.07 Å². The highest BCUT2D eigenvalue weighted by Gasteiger charge is 2.41. The van der Waals surface area contributed by atoms with Crippen molar-refractivity contribution in [1.82, 2.24) is 15.5 Å². The fourth-order valence-electron chi connectivity index (χ4n) is 4.02. The number of aliphatic imine (C=N–C) groups is 1. The average Bonchev–Trinajstić information content (AvgIpc) is 3.15. The zero-order chi connectivity index (χ0) is 18.1. The van der Waals surface area contributed by atoms with Crippen LogP contribution in [0.5, 0.6) is 0 Å². The molecule has 2 N–H and O–H groups in total. The number of hydrogen-bond donors (Lipinski definition) is 2. The maximum absolute atomic E-state index is 11.6. The van der Waals surface area contributed by atoms with Gasteiger partial charge in [-0.1, -0.05) is 18.2 Å². The van der Waals surface area contributed by atoms with Crippen LogP contribution in [0.1, 0.15) is 29.9 Å². The minimum absolute atomic E-state index is 0.0245. The van der Waals surface area contributed by atoms with E-state index in [4.69, 9.17) is 4.99 Å². The van der Waals surface area contributed by atoms with Crippen molar-refractivity contribution in [2.24, 2.45) is 16.8 Å². The summed E-state index contributed by atoms with van der Waals surface area (Å²) < 4.78 is 0. The van der Waals surface area contributed by atoms with Crippen molar-refractivity contribution in [3.8, 4) is 6.07 Å². The lowest BCUT2D eigenvalue weighted by Crippen LogP contribution is -2.37. The molecular formula is C18H18N6O2. The number of aromatic amines is 1. The van der Waals surface area contributed by atoms with Crippen molar-refractivity contribution < 1.29 is 4.92 Å². The van der Waals surface area contributed by atoms with E-state index in [1.54, 1.807) is 24.4 Å². The van der Waals surface area contributed by atoms with E-state index >= 15 is 0 Å². The molecule has 8 nitrogen and oxygen atoms in total. The van der Waals surface area contributed by atoms with Gasteiger partial charge in [0.05, 0.1) is 23.1 Å². The third-order valence-electron chi connectivity index (χ3n) is 5.24. The quantitative estimate of drug-likeness (QED) is 0.651. The number of fused-ring (bicyclic) bond motifs is 1. The van der Waals surface area contributed by atoms with Gasteiger partial charge < -0.3 is 5.32 Å². The molecule has 0 aliphatic carbocycles. The molecule has 2 atom stereocenters. The van der Waals surface area contributed by atoms with Crippen LogP contribution in [0.3, 0.4) is 0 Å². The monoisotopic (exact) mass is 350 g/mol. The molecule has 0 radical (unpaired) electrons. The molecule has 1 aromatic heterocycles. The van der Waals surface area contributed by atoms with Gasteiger partial charge in [-0.3, -0.25) is 15.2 Å². The molecular weight excluding hydrogens is 332 g/mol. The number of para-hydroxylation sites is 1. The summed E-state index contributed by atoms with van der Waals surface area (Å²) in [5, 5.41) is 31.8. The minimum atomic E-state index is -0.538. The third kappa shape index (κ3) is 2.66. The van der Waals surface area contributed by atoms with Crippen LogP contribution in [0, 0.1) is 33.3 Å². The number of H-pyrrole nitrogens is 1. The van der Waals surface area contributed by atoms with E-state index < -0.39 is 11.8 Å². The van der Waals surface area contributed by atoms with E-state index in [0.29, 0.717) is 11.4 Å². The third-order valence-corrected chi connectivity index (χ3v) is 5.24. The molecule has 132 valence electrons. The van der Waals surface area contributed by atoms with Crippen LogP contribution in [0.25, 0.3) is 0 Å². The normalized spacial score (nSPS) is 23.0. The molecule has 26 heavy (non-hydrogen) atoms. The number of rotatable bonds is 3. The van der Waals surface area contributed by atoms with Gasteiger partial charge in [0.25, 0.3) is 5.69 Å². The Balaban J connectivity index is 1.86. The smallest absolute Gasteiger partial charge is 0.273 e. The summed E-state index contributed by atoms with van der Waals surface area (Å²) in [4.78, 5) is 15.9. The van der Waals surface area contributed by atoms with Crippen LogP contribution >= 0.6 is 0 Å². The topological polar surface area (TPSA) is 120 Å². The van der Waals surface area contributed by atoms with Gasteiger partial charge in [-0.2, -0.15) is 10.4 Å². The molecule has 3 heterocycles. The number of nitro groups is 1. The number of aromatic nitrogens is 2. The maximum atomic E-state index is 11.6. The van der Waals surface area contributed by atoms with Crippen molar-refractivity contribution in [3.05, 3.63) is 51.7 Å². The molecule has 0 bridgehead atoms. The lowest BCUT2D eigenvalue weighted by atomic mass is 9.73. The van der Waals surface area contributed by atoms with Crippen molar-refractivity contribution in [1.29, 1.82) is 5.26 Å². The second kappa shape index (κ2) is 6.69. The Morgan fingerprint density at radius 2 is 2.00 bits per heavy atom. The molecule has 2 unspecified atom stereocenters. The first kappa shape index (κ1) is 16.4. The van der Waals surface area contributed by atoms with Gasteiger partial charge in [-0.15, -0.1) is 0 Å². The summed E-state index contributed by atoms with van der Waals surface area (Å²) in [6, 6.07) is 9.01. The number of piperidine rings is 1. The van der Waals surface area contributed by atoms with E-state index in [-0.39, 0.29) is 16.5 Å².